The van der Waals surface area contributed by atoms with Crippen molar-refractivity contribution in [1.29, 1.82) is 0 Å². The van der Waals surface area contributed by atoms with E-state index in [4.69, 9.17) is 0 Å². The number of nitrogens with one attached hydrogen (secondary N) is 1. The number of thiophene rings is 1. The molecule has 0 radical (unpaired) electrons. The normalized spacial score (nSPS) is 10.9. The summed E-state index contributed by atoms with van der Waals surface area (Å²) in [4.78, 5) is 16.7. The number of thioether (sulfide) groups is 1. The molecule has 0 saturated carbocycles. The van der Waals surface area contributed by atoms with Crippen LogP contribution in [-0.4, -0.2) is 16.1 Å². The van der Waals surface area contributed by atoms with Crippen molar-refractivity contribution in [3.8, 4) is 0 Å². The molecule has 0 aliphatic carbocycles. The van der Waals surface area contributed by atoms with Gasteiger partial charge in [-0.3, -0.25) is 0 Å². The van der Waals surface area contributed by atoms with Crippen LogP contribution in [0.2, 0.25) is 0 Å². The zero-order valence-electron chi connectivity index (χ0n) is 15.3. The Morgan fingerprint density at radius 1 is 1.07 bits per heavy atom. The number of halogens is 1. The predicted octanol–water partition coefficient (Wildman–Crippen LogP) is 6.04. The van der Waals surface area contributed by atoms with E-state index in [1.54, 1.807) is 12.1 Å². The molecule has 2 heterocycles. The molecule has 2 aromatic carbocycles. The maximum Gasteiger partial charge on any atom is 0.340 e. The number of pyridine rings is 1. The maximum atomic E-state index is 13.2. The van der Waals surface area contributed by atoms with Gasteiger partial charge in [-0.15, -0.1) is 23.1 Å². The van der Waals surface area contributed by atoms with E-state index in [0.717, 1.165) is 21.3 Å². The first kappa shape index (κ1) is 19.4. The molecule has 0 spiro atoms. The van der Waals surface area contributed by atoms with Crippen LogP contribution < -0.4 is 5.32 Å². The molecule has 2 aromatic heterocycles. The third-order valence-electron chi connectivity index (χ3n) is 4.37. The summed E-state index contributed by atoms with van der Waals surface area (Å²) in [6, 6.07) is 17.9. The van der Waals surface area contributed by atoms with Crippen molar-refractivity contribution < 1.29 is 14.3 Å². The number of nitrogens with zero attached hydrogens (tertiary/aromatic N) is 1. The molecule has 0 bridgehead atoms. The van der Waals surface area contributed by atoms with Crippen LogP contribution in [0.5, 0.6) is 0 Å². The lowest BCUT2D eigenvalue weighted by atomic mass is 10.2. The summed E-state index contributed by atoms with van der Waals surface area (Å²) in [5, 5.41) is 15.6. The molecule has 0 aliphatic rings. The van der Waals surface area contributed by atoms with Gasteiger partial charge in [-0.25, -0.2) is 14.2 Å². The van der Waals surface area contributed by atoms with Crippen LogP contribution in [0.15, 0.2) is 71.1 Å². The fourth-order valence-corrected chi connectivity index (χ4v) is 4.81. The number of rotatable bonds is 7. The molecule has 7 heteroatoms. The standard InChI is InChI=1S/C22H17FN2O2S2/c23-16-8-6-14(7-9-16)12-24-19-18(22(26)27)21(25-17-10-11-28-20(17)19)29-13-15-4-2-1-3-5-15/h1-11H,12-13H2,(H,24,25)(H,26,27). The number of carboxylic acid groups (broad SMARTS) is 1. The molecule has 4 aromatic rings. The Kier molecular flexibility index (Phi) is 5.78. The molecule has 0 aliphatic heterocycles. The van der Waals surface area contributed by atoms with Gasteiger partial charge in [0.2, 0.25) is 0 Å². The van der Waals surface area contributed by atoms with E-state index in [9.17, 15) is 14.3 Å². The Balaban J connectivity index is 1.69. The van der Waals surface area contributed by atoms with Crippen LogP contribution in [0.25, 0.3) is 10.2 Å². The summed E-state index contributed by atoms with van der Waals surface area (Å²) in [7, 11) is 0. The lowest BCUT2D eigenvalue weighted by Gasteiger charge is -2.14. The predicted molar refractivity (Wildman–Crippen MR) is 116 cm³/mol. The second kappa shape index (κ2) is 8.63. The lowest BCUT2D eigenvalue weighted by molar-refractivity contribution is 0.0693. The number of anilines is 1. The minimum atomic E-state index is -1.02. The molecular formula is C22H17FN2O2S2. The average Bonchev–Trinajstić information content (AvgIpc) is 3.20. The number of fused-ring (bicyclic) bond motifs is 1. The van der Waals surface area contributed by atoms with Crippen molar-refractivity contribution >= 4 is 45.0 Å². The molecule has 0 atom stereocenters. The van der Waals surface area contributed by atoms with E-state index in [0.29, 0.717) is 23.0 Å². The van der Waals surface area contributed by atoms with Crippen molar-refractivity contribution in [3.63, 3.8) is 0 Å². The summed E-state index contributed by atoms with van der Waals surface area (Å²) in [5.74, 6) is -0.699. The first-order valence-electron chi connectivity index (χ1n) is 8.91. The maximum absolute atomic E-state index is 13.2. The van der Waals surface area contributed by atoms with Crippen LogP contribution in [0.3, 0.4) is 0 Å². The number of aromatic nitrogens is 1. The van der Waals surface area contributed by atoms with E-state index < -0.39 is 5.97 Å². The minimum Gasteiger partial charge on any atom is -0.478 e. The summed E-state index contributed by atoms with van der Waals surface area (Å²) < 4.78 is 14.0. The fraction of sp³-hybridized carbons (Fsp3) is 0.0909. The van der Waals surface area contributed by atoms with Gasteiger partial charge in [-0.2, -0.15) is 0 Å². The summed E-state index contributed by atoms with van der Waals surface area (Å²) in [6.07, 6.45) is 0. The molecular weight excluding hydrogens is 407 g/mol. The van der Waals surface area contributed by atoms with Crippen LogP contribution in [-0.2, 0) is 12.3 Å². The first-order valence-corrected chi connectivity index (χ1v) is 10.8. The van der Waals surface area contributed by atoms with Gasteiger partial charge in [0.1, 0.15) is 16.4 Å². The van der Waals surface area contributed by atoms with Crippen LogP contribution in [0.4, 0.5) is 10.1 Å². The van der Waals surface area contributed by atoms with Gasteiger partial charge in [0.15, 0.2) is 0 Å². The van der Waals surface area contributed by atoms with Gasteiger partial charge >= 0.3 is 5.97 Å². The van der Waals surface area contributed by atoms with Gasteiger partial charge in [-0.1, -0.05) is 42.5 Å². The molecule has 0 fully saturated rings. The number of carbonyl (C=O) groups is 1. The number of benzene rings is 2. The molecule has 0 amide bonds. The van der Waals surface area contributed by atoms with E-state index in [-0.39, 0.29) is 11.4 Å². The number of aromatic carboxylic acids is 1. The molecule has 0 unspecified atom stereocenters. The number of hydrogen-bond acceptors (Lipinski definition) is 5. The van der Waals surface area contributed by atoms with Crippen LogP contribution in [0.1, 0.15) is 21.5 Å². The van der Waals surface area contributed by atoms with E-state index in [1.807, 2.05) is 41.8 Å². The first-order chi connectivity index (χ1) is 14.1. The SMILES string of the molecule is O=C(O)c1c(SCc2ccccc2)nc2ccsc2c1NCc1ccc(F)cc1. The lowest BCUT2D eigenvalue weighted by Crippen LogP contribution is -2.09. The summed E-state index contributed by atoms with van der Waals surface area (Å²) in [6.45, 7) is 0.389. The quantitative estimate of drug-likeness (QED) is 0.354. The molecule has 4 rings (SSSR count). The van der Waals surface area contributed by atoms with Gasteiger partial charge in [0, 0.05) is 12.3 Å². The summed E-state index contributed by atoms with van der Waals surface area (Å²) >= 11 is 2.86. The molecule has 4 nitrogen and oxygen atoms in total. The largest absolute Gasteiger partial charge is 0.478 e. The van der Waals surface area contributed by atoms with Crippen LogP contribution in [0, 0.1) is 5.82 Å². The van der Waals surface area contributed by atoms with Crippen molar-refractivity contribution in [2.75, 3.05) is 5.32 Å². The Hall–Kier alpha value is -2.90. The van der Waals surface area contributed by atoms with Crippen LogP contribution >= 0.6 is 23.1 Å². The van der Waals surface area contributed by atoms with Crippen molar-refractivity contribution in [1.82, 2.24) is 4.98 Å². The van der Waals surface area contributed by atoms with Gasteiger partial charge in [-0.05, 0) is 34.7 Å². The molecule has 0 saturated heterocycles. The highest BCUT2D eigenvalue weighted by molar-refractivity contribution is 7.98. The number of carboxylic acids is 1. The third kappa shape index (κ3) is 4.41. The highest BCUT2D eigenvalue weighted by Crippen LogP contribution is 2.37. The summed E-state index contributed by atoms with van der Waals surface area (Å²) in [5.41, 5.74) is 3.45. The van der Waals surface area contributed by atoms with Gasteiger partial charge in [0.05, 0.1) is 15.9 Å². The van der Waals surface area contributed by atoms with E-state index in [1.165, 1.54) is 35.2 Å². The second-order valence-electron chi connectivity index (χ2n) is 6.36. The zero-order chi connectivity index (χ0) is 20.2. The van der Waals surface area contributed by atoms with E-state index in [2.05, 4.69) is 10.3 Å². The average molecular weight is 425 g/mol. The Morgan fingerprint density at radius 2 is 1.83 bits per heavy atom. The highest BCUT2D eigenvalue weighted by atomic mass is 32.2. The van der Waals surface area contributed by atoms with Crippen molar-refractivity contribution in [2.45, 2.75) is 17.3 Å². The zero-order valence-corrected chi connectivity index (χ0v) is 16.9. The van der Waals surface area contributed by atoms with Crippen molar-refractivity contribution in [3.05, 3.63) is 88.6 Å². The smallest absolute Gasteiger partial charge is 0.340 e. The van der Waals surface area contributed by atoms with Gasteiger partial charge in [0.25, 0.3) is 0 Å². The molecule has 146 valence electrons. The Bertz CT molecular complexity index is 1140. The number of hydrogen-bond donors (Lipinski definition) is 2. The fourth-order valence-electron chi connectivity index (χ4n) is 2.95. The Labute approximate surface area is 175 Å². The molecule has 2 N–H and O–H groups in total. The molecule has 29 heavy (non-hydrogen) atoms. The monoisotopic (exact) mass is 424 g/mol. The highest BCUT2D eigenvalue weighted by Gasteiger charge is 2.22. The van der Waals surface area contributed by atoms with Crippen molar-refractivity contribution in [2.24, 2.45) is 0 Å². The topological polar surface area (TPSA) is 62.2 Å². The third-order valence-corrected chi connectivity index (χ3v) is 6.34. The minimum absolute atomic E-state index is 0.169. The second-order valence-corrected chi connectivity index (χ2v) is 8.24. The Morgan fingerprint density at radius 3 is 2.55 bits per heavy atom. The van der Waals surface area contributed by atoms with Gasteiger partial charge < -0.3 is 10.4 Å². The van der Waals surface area contributed by atoms with E-state index >= 15 is 0 Å².